The summed E-state index contributed by atoms with van der Waals surface area (Å²) in [7, 11) is 0. The van der Waals surface area contributed by atoms with Gasteiger partial charge < -0.3 is 4.57 Å². The van der Waals surface area contributed by atoms with Gasteiger partial charge in [-0.1, -0.05) is 11.6 Å². The van der Waals surface area contributed by atoms with Crippen LogP contribution in [0.5, 0.6) is 0 Å². The van der Waals surface area contributed by atoms with Crippen LogP contribution in [0.25, 0.3) is 11.8 Å². The normalized spacial score (nSPS) is 18.0. The molecule has 2 aliphatic rings. The maximum absolute atomic E-state index is 13.1. The summed E-state index contributed by atoms with van der Waals surface area (Å²) in [6.07, 6.45) is 10.7. The molecule has 0 radical (unpaired) electrons. The Bertz CT molecular complexity index is 1150. The molecule has 0 atom stereocenters. The first-order valence-electron chi connectivity index (χ1n) is 10.4. The van der Waals surface area contributed by atoms with Gasteiger partial charge in [-0.25, -0.2) is 0 Å². The standard InChI is InChI=1S/C23H22N4O4S/c28-21-20(22(29)26(23(32)24-21)14-12-16-5-2-1-3-6-16)15-19-7-4-13-25(19)17-8-10-18(11-9-17)27(30)31/h4-5,7-11,13,15H,1-3,6,12,14H2,(H,24,28,32)/b20-15-. The van der Waals surface area contributed by atoms with Gasteiger partial charge in [0, 0.05) is 36.3 Å². The van der Waals surface area contributed by atoms with E-state index in [9.17, 15) is 19.7 Å². The van der Waals surface area contributed by atoms with E-state index >= 15 is 0 Å². The van der Waals surface area contributed by atoms with E-state index in [1.807, 2.05) is 0 Å². The van der Waals surface area contributed by atoms with Crippen LogP contribution in [0.1, 0.15) is 37.8 Å². The molecule has 0 unspecified atom stereocenters. The maximum Gasteiger partial charge on any atom is 0.269 e. The molecule has 164 valence electrons. The van der Waals surface area contributed by atoms with E-state index < -0.39 is 16.7 Å². The number of benzene rings is 1. The van der Waals surface area contributed by atoms with E-state index in [0.29, 0.717) is 17.9 Å². The second-order valence-corrected chi connectivity index (χ2v) is 8.10. The number of nitro benzene ring substituents is 1. The van der Waals surface area contributed by atoms with Crippen LogP contribution in [0.4, 0.5) is 5.69 Å². The minimum atomic E-state index is -0.537. The van der Waals surface area contributed by atoms with E-state index in [2.05, 4.69) is 11.4 Å². The van der Waals surface area contributed by atoms with Crippen LogP contribution in [0, 0.1) is 10.1 Å². The fourth-order valence-electron chi connectivity index (χ4n) is 3.91. The molecule has 1 aromatic carbocycles. The first kappa shape index (κ1) is 21.6. The molecule has 8 nitrogen and oxygen atoms in total. The van der Waals surface area contributed by atoms with Crippen molar-refractivity contribution in [2.24, 2.45) is 0 Å². The fraction of sp³-hybridized carbons (Fsp3) is 0.261. The quantitative estimate of drug-likeness (QED) is 0.180. The molecule has 1 aliphatic heterocycles. The highest BCUT2D eigenvalue weighted by Gasteiger charge is 2.33. The summed E-state index contributed by atoms with van der Waals surface area (Å²) in [5.74, 6) is -0.962. The molecule has 1 N–H and O–H groups in total. The van der Waals surface area contributed by atoms with Gasteiger partial charge in [0.15, 0.2) is 5.11 Å². The number of nitro groups is 1. The zero-order valence-corrected chi connectivity index (χ0v) is 18.1. The zero-order chi connectivity index (χ0) is 22.7. The number of nitrogens with one attached hydrogen (secondary N) is 1. The number of hydrogen-bond acceptors (Lipinski definition) is 5. The Morgan fingerprint density at radius 1 is 1.16 bits per heavy atom. The molecule has 32 heavy (non-hydrogen) atoms. The third-order valence-electron chi connectivity index (χ3n) is 5.64. The minimum Gasteiger partial charge on any atom is -0.317 e. The Morgan fingerprint density at radius 3 is 2.62 bits per heavy atom. The van der Waals surface area contributed by atoms with Gasteiger partial charge in [0.25, 0.3) is 17.5 Å². The highest BCUT2D eigenvalue weighted by molar-refractivity contribution is 7.80. The summed E-state index contributed by atoms with van der Waals surface area (Å²) in [6.45, 7) is 0.421. The fourth-order valence-corrected chi connectivity index (χ4v) is 4.18. The van der Waals surface area contributed by atoms with Crippen LogP contribution in [-0.4, -0.2) is 37.9 Å². The summed E-state index contributed by atoms with van der Waals surface area (Å²) in [6, 6.07) is 9.58. The van der Waals surface area contributed by atoms with Crippen molar-refractivity contribution in [3.8, 4) is 5.69 Å². The number of carbonyl (C=O) groups is 2. The molecular formula is C23H22N4O4S. The van der Waals surface area contributed by atoms with Gasteiger partial charge in [-0.15, -0.1) is 0 Å². The highest BCUT2D eigenvalue weighted by Crippen LogP contribution is 2.23. The largest absolute Gasteiger partial charge is 0.317 e. The molecule has 0 saturated carbocycles. The van der Waals surface area contributed by atoms with E-state index in [-0.39, 0.29) is 16.4 Å². The molecule has 1 saturated heterocycles. The average molecular weight is 451 g/mol. The molecule has 4 rings (SSSR count). The summed E-state index contributed by atoms with van der Waals surface area (Å²) >= 11 is 5.25. The van der Waals surface area contributed by atoms with Gasteiger partial charge in [-0.3, -0.25) is 29.9 Å². The van der Waals surface area contributed by atoms with Crippen molar-refractivity contribution >= 4 is 40.9 Å². The van der Waals surface area contributed by atoms with Crippen LogP contribution in [0.15, 0.2) is 59.8 Å². The van der Waals surface area contributed by atoms with Gasteiger partial charge in [-0.2, -0.15) is 0 Å². The Morgan fingerprint density at radius 2 is 1.94 bits per heavy atom. The van der Waals surface area contributed by atoms with Gasteiger partial charge in [0.05, 0.1) is 4.92 Å². The number of nitrogens with zero attached hydrogens (tertiary/aromatic N) is 3. The Hall–Kier alpha value is -3.59. The zero-order valence-electron chi connectivity index (χ0n) is 17.3. The summed E-state index contributed by atoms with van der Waals surface area (Å²) in [4.78, 5) is 37.5. The second-order valence-electron chi connectivity index (χ2n) is 7.71. The summed E-state index contributed by atoms with van der Waals surface area (Å²) < 4.78 is 1.75. The van der Waals surface area contributed by atoms with Crippen molar-refractivity contribution in [1.82, 2.24) is 14.8 Å². The van der Waals surface area contributed by atoms with Crippen LogP contribution in [0.2, 0.25) is 0 Å². The van der Waals surface area contributed by atoms with Crippen LogP contribution in [-0.2, 0) is 9.59 Å². The lowest BCUT2D eigenvalue weighted by Gasteiger charge is -2.29. The summed E-state index contributed by atoms with van der Waals surface area (Å²) in [5.41, 5.74) is 2.58. The third kappa shape index (κ3) is 4.52. The molecule has 9 heteroatoms. The SMILES string of the molecule is O=C1NC(=S)N(CCC2=CCCCC2)C(=O)/C1=C\c1cccn1-c1ccc([N+](=O)[O-])cc1. The van der Waals surface area contributed by atoms with Crippen LogP contribution in [0.3, 0.4) is 0 Å². The number of thiocarbonyl (C=S) groups is 1. The highest BCUT2D eigenvalue weighted by atomic mass is 32.1. The molecule has 2 amide bonds. The molecule has 1 fully saturated rings. The van der Waals surface area contributed by atoms with Crippen molar-refractivity contribution < 1.29 is 14.5 Å². The number of amides is 2. The number of hydrogen-bond donors (Lipinski definition) is 1. The Balaban J connectivity index is 1.57. The third-order valence-corrected chi connectivity index (χ3v) is 5.96. The van der Waals surface area contributed by atoms with Gasteiger partial charge >= 0.3 is 0 Å². The number of allylic oxidation sites excluding steroid dienone is 1. The monoisotopic (exact) mass is 450 g/mol. The predicted octanol–water partition coefficient (Wildman–Crippen LogP) is 3.90. The number of rotatable bonds is 6. The number of aromatic nitrogens is 1. The Labute approximate surface area is 190 Å². The number of carbonyl (C=O) groups excluding carboxylic acids is 2. The minimum absolute atomic E-state index is 0.00177. The van der Waals surface area contributed by atoms with Crippen molar-refractivity contribution in [3.63, 3.8) is 0 Å². The molecule has 1 aromatic heterocycles. The van der Waals surface area contributed by atoms with Crippen LogP contribution < -0.4 is 5.32 Å². The lowest BCUT2D eigenvalue weighted by molar-refractivity contribution is -0.384. The van der Waals surface area contributed by atoms with Crippen molar-refractivity contribution in [2.75, 3.05) is 6.54 Å². The Kier molecular flexibility index (Phi) is 6.27. The molecule has 2 aromatic rings. The van der Waals surface area contributed by atoms with E-state index in [4.69, 9.17) is 12.2 Å². The van der Waals surface area contributed by atoms with E-state index in [0.717, 1.165) is 25.7 Å². The average Bonchev–Trinajstić information content (AvgIpc) is 3.25. The molecular weight excluding hydrogens is 428 g/mol. The predicted molar refractivity (Wildman–Crippen MR) is 124 cm³/mol. The first-order chi connectivity index (χ1) is 15.4. The van der Waals surface area contributed by atoms with Crippen molar-refractivity contribution in [3.05, 3.63) is 75.6 Å². The van der Waals surface area contributed by atoms with E-state index in [1.54, 1.807) is 35.0 Å². The summed E-state index contributed by atoms with van der Waals surface area (Å²) in [5, 5.41) is 13.6. The molecule has 2 heterocycles. The number of non-ortho nitro benzene ring substituents is 1. The maximum atomic E-state index is 13.1. The lowest BCUT2D eigenvalue weighted by atomic mass is 9.97. The van der Waals surface area contributed by atoms with Gasteiger partial charge in [0.1, 0.15) is 5.57 Å². The van der Waals surface area contributed by atoms with E-state index in [1.165, 1.54) is 35.1 Å². The smallest absolute Gasteiger partial charge is 0.269 e. The first-order valence-corrected chi connectivity index (χ1v) is 10.8. The van der Waals surface area contributed by atoms with Crippen LogP contribution >= 0.6 is 12.2 Å². The topological polar surface area (TPSA) is 97.5 Å². The lowest BCUT2D eigenvalue weighted by Crippen LogP contribution is -2.54. The molecule has 0 spiro atoms. The second kappa shape index (κ2) is 9.27. The van der Waals surface area contributed by atoms with Crippen molar-refractivity contribution in [2.45, 2.75) is 32.1 Å². The van der Waals surface area contributed by atoms with Gasteiger partial charge in [-0.05, 0) is 74.7 Å². The molecule has 1 aliphatic carbocycles. The van der Waals surface area contributed by atoms with Gasteiger partial charge in [0.2, 0.25) is 0 Å². The van der Waals surface area contributed by atoms with Crippen molar-refractivity contribution in [1.29, 1.82) is 0 Å². The molecule has 0 bridgehead atoms.